The summed E-state index contributed by atoms with van der Waals surface area (Å²) in [5.41, 5.74) is 1.97. The Morgan fingerprint density at radius 2 is 2.07 bits per heavy atom. The van der Waals surface area contributed by atoms with Gasteiger partial charge in [0.2, 0.25) is 0 Å². The lowest BCUT2D eigenvalue weighted by Crippen LogP contribution is -2.48. The van der Waals surface area contributed by atoms with E-state index in [0.717, 1.165) is 56.2 Å². The number of likely N-dealkylation sites (tertiary alicyclic amines) is 1. The number of rotatable bonds is 6. The van der Waals surface area contributed by atoms with Gasteiger partial charge in [-0.25, -0.2) is 9.38 Å². The van der Waals surface area contributed by atoms with Crippen LogP contribution in [0.3, 0.4) is 0 Å². The first-order valence-corrected chi connectivity index (χ1v) is 10.5. The topological polar surface area (TPSA) is 52.6 Å². The summed E-state index contributed by atoms with van der Waals surface area (Å²) < 4.78 is 14.2. The molecule has 1 aliphatic rings. The van der Waals surface area contributed by atoms with Gasteiger partial charge in [-0.3, -0.25) is 9.88 Å². The van der Waals surface area contributed by atoms with E-state index in [2.05, 4.69) is 47.5 Å². The van der Waals surface area contributed by atoms with E-state index < -0.39 is 0 Å². The van der Waals surface area contributed by atoms with Gasteiger partial charge in [-0.05, 0) is 65.5 Å². The Morgan fingerprint density at radius 1 is 1.28 bits per heavy atom. The van der Waals surface area contributed by atoms with Crippen LogP contribution in [0.5, 0.6) is 0 Å². The van der Waals surface area contributed by atoms with Crippen molar-refractivity contribution < 1.29 is 4.39 Å². The smallest absolute Gasteiger partial charge is 0.191 e. The number of piperidine rings is 1. The molecule has 0 bridgehead atoms. The van der Waals surface area contributed by atoms with E-state index in [1.54, 1.807) is 6.07 Å². The number of benzene rings is 1. The molecule has 5 nitrogen and oxygen atoms in total. The Labute approximate surface area is 197 Å². The summed E-state index contributed by atoms with van der Waals surface area (Å²) in [6.45, 7) is 6.25. The van der Waals surface area contributed by atoms with E-state index in [4.69, 9.17) is 0 Å². The van der Waals surface area contributed by atoms with Crippen molar-refractivity contribution in [2.75, 3.05) is 19.6 Å². The second kappa shape index (κ2) is 12.4. The Bertz CT molecular complexity index is 782. The minimum absolute atomic E-state index is 0. The molecule has 2 aromatic rings. The van der Waals surface area contributed by atoms with Crippen molar-refractivity contribution in [1.29, 1.82) is 0 Å². The molecule has 0 amide bonds. The maximum Gasteiger partial charge on any atom is 0.191 e. The molecule has 0 atom stereocenters. The average Bonchev–Trinajstić information content (AvgIpc) is 2.71. The summed E-state index contributed by atoms with van der Waals surface area (Å²) in [7, 11) is 0. The Morgan fingerprint density at radius 3 is 2.72 bits per heavy atom. The van der Waals surface area contributed by atoms with Crippen molar-refractivity contribution in [3.05, 3.63) is 64.1 Å². The summed E-state index contributed by atoms with van der Waals surface area (Å²) in [5.74, 6) is 0.528. The zero-order chi connectivity index (χ0) is 19.8. The molecule has 1 aliphatic heterocycles. The van der Waals surface area contributed by atoms with Gasteiger partial charge in [-0.2, -0.15) is 0 Å². The summed E-state index contributed by atoms with van der Waals surface area (Å²) in [4.78, 5) is 11.5. The maximum absolute atomic E-state index is 13.7. The number of pyridine rings is 1. The van der Waals surface area contributed by atoms with Crippen LogP contribution in [0.15, 0.2) is 52.1 Å². The largest absolute Gasteiger partial charge is 0.357 e. The van der Waals surface area contributed by atoms with Crippen molar-refractivity contribution in [2.24, 2.45) is 4.99 Å². The van der Waals surface area contributed by atoms with Crippen LogP contribution in [-0.2, 0) is 13.1 Å². The first kappa shape index (κ1) is 24.0. The summed E-state index contributed by atoms with van der Waals surface area (Å²) in [5, 5.41) is 6.82. The van der Waals surface area contributed by atoms with Gasteiger partial charge < -0.3 is 10.6 Å². The molecule has 8 heteroatoms. The van der Waals surface area contributed by atoms with Crippen molar-refractivity contribution in [3.63, 3.8) is 0 Å². The van der Waals surface area contributed by atoms with Crippen LogP contribution < -0.4 is 10.6 Å². The molecule has 0 unspecified atom stereocenters. The lowest BCUT2D eigenvalue weighted by molar-refractivity contribution is 0.196. The highest BCUT2D eigenvalue weighted by Gasteiger charge is 2.20. The zero-order valence-electron chi connectivity index (χ0n) is 16.6. The fourth-order valence-corrected chi connectivity index (χ4v) is 3.52. The molecule has 1 aromatic heterocycles. The van der Waals surface area contributed by atoms with Gasteiger partial charge >= 0.3 is 0 Å². The Balaban J connectivity index is 0.00000300. The molecule has 0 spiro atoms. The number of aliphatic imine (C=N–C) groups is 1. The molecule has 1 fully saturated rings. The van der Waals surface area contributed by atoms with Gasteiger partial charge in [0.1, 0.15) is 5.82 Å². The molecule has 158 valence electrons. The van der Waals surface area contributed by atoms with Gasteiger partial charge in [0.05, 0.1) is 16.7 Å². The molecule has 0 saturated carbocycles. The average molecular weight is 576 g/mol. The van der Waals surface area contributed by atoms with Crippen LogP contribution >= 0.6 is 39.9 Å². The van der Waals surface area contributed by atoms with E-state index in [0.29, 0.717) is 17.1 Å². The Kier molecular flexibility index (Phi) is 10.3. The quantitative estimate of drug-likeness (QED) is 0.306. The maximum atomic E-state index is 13.7. The first-order chi connectivity index (χ1) is 13.6. The minimum Gasteiger partial charge on any atom is -0.357 e. The third-order valence-corrected chi connectivity index (χ3v) is 5.43. The highest BCUT2D eigenvalue weighted by atomic mass is 127. The van der Waals surface area contributed by atoms with Crippen molar-refractivity contribution >= 4 is 45.9 Å². The second-order valence-electron chi connectivity index (χ2n) is 6.96. The van der Waals surface area contributed by atoms with Gasteiger partial charge in [-0.15, -0.1) is 24.0 Å². The molecule has 3 rings (SSSR count). The number of halogens is 3. The lowest BCUT2D eigenvalue weighted by Gasteiger charge is -2.32. The monoisotopic (exact) mass is 575 g/mol. The van der Waals surface area contributed by atoms with Crippen LogP contribution in [0.1, 0.15) is 31.0 Å². The van der Waals surface area contributed by atoms with Crippen LogP contribution in [-0.4, -0.2) is 41.5 Å². The molecule has 2 N–H and O–H groups in total. The SMILES string of the molecule is CCNC(=NCc1ccc(Br)c(F)c1)NC1CCN(Cc2ccccn2)CC1.I. The summed E-state index contributed by atoms with van der Waals surface area (Å²) in [6, 6.07) is 11.6. The van der Waals surface area contributed by atoms with Crippen molar-refractivity contribution in [1.82, 2.24) is 20.5 Å². The molecule has 29 heavy (non-hydrogen) atoms. The van der Waals surface area contributed by atoms with Gasteiger partial charge in [0.15, 0.2) is 5.96 Å². The molecule has 1 aromatic carbocycles. The van der Waals surface area contributed by atoms with E-state index in [9.17, 15) is 4.39 Å². The third-order valence-electron chi connectivity index (χ3n) is 4.79. The first-order valence-electron chi connectivity index (χ1n) is 9.75. The van der Waals surface area contributed by atoms with Crippen LogP contribution in [0.2, 0.25) is 0 Å². The van der Waals surface area contributed by atoms with Crippen LogP contribution in [0.4, 0.5) is 4.39 Å². The number of nitrogens with zero attached hydrogens (tertiary/aromatic N) is 3. The number of nitrogens with one attached hydrogen (secondary N) is 2. The highest BCUT2D eigenvalue weighted by Crippen LogP contribution is 2.17. The molecule has 0 aliphatic carbocycles. The lowest BCUT2D eigenvalue weighted by atomic mass is 10.0. The van der Waals surface area contributed by atoms with Crippen LogP contribution in [0.25, 0.3) is 0 Å². The fourth-order valence-electron chi connectivity index (χ4n) is 3.28. The summed E-state index contributed by atoms with van der Waals surface area (Å²) in [6.07, 6.45) is 3.97. The van der Waals surface area contributed by atoms with E-state index in [1.165, 1.54) is 6.07 Å². The number of hydrogen-bond acceptors (Lipinski definition) is 3. The molecule has 2 heterocycles. The third kappa shape index (κ3) is 7.82. The fraction of sp³-hybridized carbons (Fsp3) is 0.429. The Hall–Kier alpha value is -1.26. The van der Waals surface area contributed by atoms with Gasteiger partial charge in [0.25, 0.3) is 0 Å². The van der Waals surface area contributed by atoms with Gasteiger partial charge in [0, 0.05) is 38.4 Å². The number of guanidine groups is 1. The van der Waals surface area contributed by atoms with E-state index >= 15 is 0 Å². The normalized spacial score (nSPS) is 15.6. The summed E-state index contributed by atoms with van der Waals surface area (Å²) >= 11 is 3.18. The predicted octanol–water partition coefficient (Wildman–Crippen LogP) is 4.32. The van der Waals surface area contributed by atoms with E-state index in [-0.39, 0.29) is 29.8 Å². The molecule has 0 radical (unpaired) electrons. The molecular formula is C21H28BrFIN5. The second-order valence-corrected chi connectivity index (χ2v) is 7.81. The van der Waals surface area contributed by atoms with Crippen molar-refractivity contribution in [3.8, 4) is 0 Å². The standard InChI is InChI=1S/C21H27BrFN5.HI/c1-2-24-21(26-14-16-6-7-19(22)20(23)13-16)27-17-8-11-28(12-9-17)15-18-5-3-4-10-25-18;/h3-7,10,13,17H,2,8-9,11-12,14-15H2,1H3,(H2,24,26,27);1H. The van der Waals surface area contributed by atoms with Crippen LogP contribution in [0, 0.1) is 5.82 Å². The zero-order valence-corrected chi connectivity index (χ0v) is 20.5. The van der Waals surface area contributed by atoms with Gasteiger partial charge in [-0.1, -0.05) is 12.1 Å². The number of hydrogen-bond donors (Lipinski definition) is 2. The minimum atomic E-state index is -0.258. The van der Waals surface area contributed by atoms with Crippen molar-refractivity contribution in [2.45, 2.75) is 38.9 Å². The number of aromatic nitrogens is 1. The predicted molar refractivity (Wildman–Crippen MR) is 130 cm³/mol. The highest BCUT2D eigenvalue weighted by molar-refractivity contribution is 14.0. The molecular weight excluding hydrogens is 548 g/mol. The van der Waals surface area contributed by atoms with E-state index in [1.807, 2.05) is 31.3 Å². The molecule has 1 saturated heterocycles.